The van der Waals surface area contributed by atoms with Crippen molar-refractivity contribution in [1.29, 1.82) is 0 Å². The summed E-state index contributed by atoms with van der Waals surface area (Å²) >= 11 is 0. The predicted molar refractivity (Wildman–Crippen MR) is 157 cm³/mol. The van der Waals surface area contributed by atoms with Gasteiger partial charge in [-0.05, 0) is 41.2 Å². The highest BCUT2D eigenvalue weighted by molar-refractivity contribution is 6.08. The number of carboxylic acid groups (broad SMARTS) is 1. The van der Waals surface area contributed by atoms with Gasteiger partial charge >= 0.3 is 5.97 Å². The molecule has 13 heteroatoms. The van der Waals surface area contributed by atoms with Crippen LogP contribution in [0, 0.1) is 0 Å². The molecule has 5 atom stereocenters. The number of aromatic nitrogens is 4. The summed E-state index contributed by atoms with van der Waals surface area (Å²) in [6.07, 6.45) is -2.05. The van der Waals surface area contributed by atoms with Crippen LogP contribution < -0.4 is 0 Å². The molecule has 1 saturated heterocycles. The lowest BCUT2D eigenvalue weighted by atomic mass is 9.97. The number of aliphatic hydroxyl groups is 3. The molecule has 3 aromatic rings. The van der Waals surface area contributed by atoms with E-state index in [9.17, 15) is 30.0 Å². The molecular formula is C31H36N6O7. The highest BCUT2D eigenvalue weighted by Crippen LogP contribution is 2.40. The SMILES string of the molecule is CCCCC1=NC2(CCCC2)C(=O)N1Cc1ccc(-c2ccccc2-c2nnn(C3OC(C(=O)O)C(O)C(O)C3O)n2)cc1. The summed E-state index contributed by atoms with van der Waals surface area (Å²) in [4.78, 5) is 32.8. The van der Waals surface area contributed by atoms with Gasteiger partial charge in [0.05, 0.1) is 6.54 Å². The van der Waals surface area contributed by atoms with Crippen LogP contribution in [0.2, 0.25) is 0 Å². The number of unbranched alkanes of at least 4 members (excludes halogenated alkanes) is 1. The summed E-state index contributed by atoms with van der Waals surface area (Å²) in [6.45, 7) is 2.60. The number of aliphatic hydroxyl groups excluding tert-OH is 3. The summed E-state index contributed by atoms with van der Waals surface area (Å²) in [7, 11) is 0. The number of benzene rings is 2. The van der Waals surface area contributed by atoms with Crippen LogP contribution in [0.5, 0.6) is 0 Å². The summed E-state index contributed by atoms with van der Waals surface area (Å²) in [5.41, 5.74) is 2.71. The maximum absolute atomic E-state index is 13.5. The van der Waals surface area contributed by atoms with Crippen LogP contribution in [-0.4, -0.2) is 93.2 Å². The van der Waals surface area contributed by atoms with Crippen molar-refractivity contribution in [2.45, 2.75) is 94.6 Å². The van der Waals surface area contributed by atoms with Gasteiger partial charge in [0.25, 0.3) is 5.91 Å². The molecule has 4 N–H and O–H groups in total. The zero-order valence-electron chi connectivity index (χ0n) is 24.4. The molecule has 1 amide bonds. The number of carboxylic acids is 1. The van der Waals surface area contributed by atoms with Crippen molar-refractivity contribution in [1.82, 2.24) is 25.1 Å². The smallest absolute Gasteiger partial charge is 0.335 e. The van der Waals surface area contributed by atoms with Crippen molar-refractivity contribution in [2.24, 2.45) is 4.99 Å². The van der Waals surface area contributed by atoms with Gasteiger partial charge in [-0.25, -0.2) is 4.79 Å². The lowest BCUT2D eigenvalue weighted by Crippen LogP contribution is -2.58. The first-order valence-electron chi connectivity index (χ1n) is 15.0. The number of nitrogens with zero attached hydrogens (tertiary/aromatic N) is 6. The summed E-state index contributed by atoms with van der Waals surface area (Å²) in [6, 6.07) is 15.3. The first kappa shape index (κ1) is 30.0. The Bertz CT molecular complexity index is 1550. The fourth-order valence-electron chi connectivity index (χ4n) is 6.30. The molecular weight excluding hydrogens is 568 g/mol. The number of amidine groups is 1. The Morgan fingerprint density at radius 2 is 1.70 bits per heavy atom. The molecule has 2 fully saturated rings. The molecule has 13 nitrogen and oxygen atoms in total. The van der Waals surface area contributed by atoms with Gasteiger partial charge in [-0.15, -0.1) is 15.0 Å². The fraction of sp³-hybridized carbons (Fsp3) is 0.484. The molecule has 232 valence electrons. The summed E-state index contributed by atoms with van der Waals surface area (Å²) in [5.74, 6) is -0.298. The Labute approximate surface area is 253 Å². The number of hydrogen-bond donors (Lipinski definition) is 4. The molecule has 1 aliphatic carbocycles. The quantitative estimate of drug-likeness (QED) is 0.283. The first-order valence-corrected chi connectivity index (χ1v) is 15.0. The van der Waals surface area contributed by atoms with Crippen molar-refractivity contribution in [3.63, 3.8) is 0 Å². The topological polar surface area (TPSA) is 183 Å². The maximum atomic E-state index is 13.5. The maximum Gasteiger partial charge on any atom is 0.335 e. The lowest BCUT2D eigenvalue weighted by Gasteiger charge is -2.37. The van der Waals surface area contributed by atoms with Crippen LogP contribution >= 0.6 is 0 Å². The van der Waals surface area contributed by atoms with E-state index in [1.165, 1.54) is 0 Å². The fourth-order valence-corrected chi connectivity index (χ4v) is 6.30. The van der Waals surface area contributed by atoms with Crippen molar-refractivity contribution < 1.29 is 34.8 Å². The van der Waals surface area contributed by atoms with Gasteiger partial charge in [0.1, 0.15) is 29.7 Å². The molecule has 0 bridgehead atoms. The van der Waals surface area contributed by atoms with Crippen molar-refractivity contribution in [2.75, 3.05) is 0 Å². The van der Waals surface area contributed by atoms with E-state index in [4.69, 9.17) is 9.73 Å². The van der Waals surface area contributed by atoms with Gasteiger partial charge in [0, 0.05) is 12.0 Å². The molecule has 1 aromatic heterocycles. The molecule has 2 aromatic carbocycles. The largest absolute Gasteiger partial charge is 0.479 e. The summed E-state index contributed by atoms with van der Waals surface area (Å²) in [5, 5.41) is 52.4. The Balaban J connectivity index is 1.22. The number of hydrogen-bond acceptors (Lipinski definition) is 10. The van der Waals surface area contributed by atoms with Gasteiger partial charge in [0.2, 0.25) is 12.1 Å². The molecule has 1 spiro atoms. The second-order valence-corrected chi connectivity index (χ2v) is 11.7. The molecule has 1 saturated carbocycles. The van der Waals surface area contributed by atoms with E-state index in [0.29, 0.717) is 12.1 Å². The van der Waals surface area contributed by atoms with E-state index in [1.54, 1.807) is 0 Å². The average molecular weight is 605 g/mol. The predicted octanol–water partition coefficient (Wildman–Crippen LogP) is 2.32. The number of rotatable bonds is 9. The number of aliphatic imine (C=N–C) groups is 1. The average Bonchev–Trinajstić information content (AvgIpc) is 3.77. The van der Waals surface area contributed by atoms with Crippen LogP contribution in [0.15, 0.2) is 53.5 Å². The van der Waals surface area contributed by atoms with Gasteiger partial charge in [-0.1, -0.05) is 74.7 Å². The standard InChI is InChI=1S/C31H36N6O7/c1-2-3-10-22-32-31(15-6-7-16-31)30(43)36(22)17-18-11-13-19(14-12-18)20-8-4-5-9-21(20)27-33-35-37(34-27)28-25(40)23(38)24(39)26(44-28)29(41)42/h4-5,8-9,11-14,23-26,28,38-40H,2-3,6-7,10,15-17H2,1H3,(H,41,42). The highest BCUT2D eigenvalue weighted by Gasteiger charge is 2.50. The number of amides is 1. The van der Waals surface area contributed by atoms with E-state index in [-0.39, 0.29) is 11.7 Å². The molecule has 5 unspecified atom stereocenters. The third kappa shape index (κ3) is 5.40. The van der Waals surface area contributed by atoms with Crippen LogP contribution in [0.3, 0.4) is 0 Å². The van der Waals surface area contributed by atoms with Gasteiger partial charge in [-0.2, -0.15) is 0 Å². The Hall–Kier alpha value is -4.04. The number of tetrazole rings is 1. The molecule has 2 aliphatic heterocycles. The Morgan fingerprint density at radius 1 is 1.00 bits per heavy atom. The third-order valence-electron chi connectivity index (χ3n) is 8.74. The number of carbonyl (C=O) groups excluding carboxylic acids is 1. The Morgan fingerprint density at radius 3 is 2.39 bits per heavy atom. The first-order chi connectivity index (χ1) is 21.2. The van der Waals surface area contributed by atoms with Crippen molar-refractivity contribution in [3.05, 3.63) is 54.1 Å². The zero-order chi connectivity index (χ0) is 31.0. The van der Waals surface area contributed by atoms with E-state index >= 15 is 0 Å². The number of carbonyl (C=O) groups is 2. The molecule has 0 radical (unpaired) electrons. The van der Waals surface area contributed by atoms with E-state index in [2.05, 4.69) is 22.3 Å². The molecule has 3 aliphatic rings. The number of aliphatic carboxylic acids is 1. The van der Waals surface area contributed by atoms with Gasteiger partial charge in [-0.3, -0.25) is 14.7 Å². The van der Waals surface area contributed by atoms with Crippen molar-refractivity contribution in [3.8, 4) is 22.5 Å². The second-order valence-electron chi connectivity index (χ2n) is 11.7. The van der Waals surface area contributed by atoms with Crippen LogP contribution in [0.4, 0.5) is 0 Å². The normalized spacial score (nSPS) is 26.4. The molecule has 3 heterocycles. The van der Waals surface area contributed by atoms with E-state index in [0.717, 1.165) is 72.3 Å². The minimum Gasteiger partial charge on any atom is -0.479 e. The zero-order valence-corrected chi connectivity index (χ0v) is 24.4. The minimum absolute atomic E-state index is 0.119. The second kappa shape index (κ2) is 12.2. The van der Waals surface area contributed by atoms with Crippen LogP contribution in [0.25, 0.3) is 22.5 Å². The lowest BCUT2D eigenvalue weighted by molar-refractivity contribution is -0.251. The van der Waals surface area contributed by atoms with Gasteiger partial charge < -0.3 is 25.2 Å². The third-order valence-corrected chi connectivity index (χ3v) is 8.74. The van der Waals surface area contributed by atoms with Crippen molar-refractivity contribution >= 4 is 17.7 Å². The minimum atomic E-state index is -1.83. The van der Waals surface area contributed by atoms with Crippen LogP contribution in [-0.2, 0) is 20.9 Å². The van der Waals surface area contributed by atoms with E-state index in [1.807, 2.05) is 53.4 Å². The van der Waals surface area contributed by atoms with Crippen LogP contribution in [0.1, 0.15) is 63.7 Å². The van der Waals surface area contributed by atoms with Gasteiger partial charge in [0.15, 0.2) is 6.10 Å². The Kier molecular flexibility index (Phi) is 8.29. The monoisotopic (exact) mass is 604 g/mol. The molecule has 6 rings (SSSR count). The summed E-state index contributed by atoms with van der Waals surface area (Å²) < 4.78 is 5.33. The molecule has 44 heavy (non-hydrogen) atoms. The van der Waals surface area contributed by atoms with E-state index < -0.39 is 42.2 Å². The highest BCUT2D eigenvalue weighted by atomic mass is 16.6. The number of ether oxygens (including phenoxy) is 1.